The molecule has 0 spiro atoms. The Labute approximate surface area is 149 Å². The normalized spacial score (nSPS) is 25.7. The van der Waals surface area contributed by atoms with Crippen molar-refractivity contribution < 1.29 is 9.53 Å². The Morgan fingerprint density at radius 3 is 2.70 bits per heavy atom. The van der Waals surface area contributed by atoms with Gasteiger partial charge in [-0.3, -0.25) is 10.2 Å². The van der Waals surface area contributed by atoms with E-state index in [-0.39, 0.29) is 24.6 Å². The lowest BCUT2D eigenvalue weighted by atomic mass is 9.86. The second kappa shape index (κ2) is 7.21. The SMILES string of the molecule is Cl.O=C(Nc1ccsc1-c1cccs1)OC1CN2CCC1CC2. The molecule has 0 radical (unpaired) electrons. The van der Waals surface area contributed by atoms with Crippen LogP contribution in [-0.2, 0) is 4.74 Å². The summed E-state index contributed by atoms with van der Waals surface area (Å²) in [6, 6.07) is 6.03. The molecule has 0 aromatic carbocycles. The van der Waals surface area contributed by atoms with Gasteiger partial charge in [-0.25, -0.2) is 4.79 Å². The Morgan fingerprint density at radius 1 is 1.22 bits per heavy atom. The molecule has 3 aliphatic heterocycles. The van der Waals surface area contributed by atoms with Crippen LogP contribution < -0.4 is 5.32 Å². The van der Waals surface area contributed by atoms with Gasteiger partial charge >= 0.3 is 6.09 Å². The predicted octanol–water partition coefficient (Wildman–Crippen LogP) is 4.54. The van der Waals surface area contributed by atoms with Gasteiger partial charge in [-0.05, 0) is 54.7 Å². The summed E-state index contributed by atoms with van der Waals surface area (Å²) in [5, 5.41) is 6.97. The van der Waals surface area contributed by atoms with Crippen molar-refractivity contribution in [2.75, 3.05) is 25.0 Å². The summed E-state index contributed by atoms with van der Waals surface area (Å²) >= 11 is 3.32. The van der Waals surface area contributed by atoms with E-state index >= 15 is 0 Å². The number of carbonyl (C=O) groups is 1. The summed E-state index contributed by atoms with van der Waals surface area (Å²) in [6.45, 7) is 3.19. The molecule has 124 valence electrons. The zero-order chi connectivity index (χ0) is 14.9. The third-order valence-electron chi connectivity index (χ3n) is 4.50. The quantitative estimate of drug-likeness (QED) is 0.862. The molecule has 7 heteroatoms. The number of carbonyl (C=O) groups excluding carboxylic acids is 1. The molecule has 1 N–H and O–H groups in total. The van der Waals surface area contributed by atoms with E-state index in [0.29, 0.717) is 5.92 Å². The van der Waals surface area contributed by atoms with Crippen LogP contribution in [0.3, 0.4) is 0 Å². The summed E-state index contributed by atoms with van der Waals surface area (Å²) in [5.41, 5.74) is 0.846. The van der Waals surface area contributed by atoms with Crippen molar-refractivity contribution in [3.05, 3.63) is 29.0 Å². The smallest absolute Gasteiger partial charge is 0.411 e. The molecule has 1 unspecified atom stereocenters. The summed E-state index contributed by atoms with van der Waals surface area (Å²) < 4.78 is 5.69. The largest absolute Gasteiger partial charge is 0.444 e. The van der Waals surface area contributed by atoms with E-state index < -0.39 is 0 Å². The second-order valence-corrected chi connectivity index (χ2v) is 7.71. The number of ether oxygens (including phenoxy) is 1. The average Bonchev–Trinajstić information content (AvgIpc) is 3.19. The molecule has 3 aliphatic rings. The zero-order valence-electron chi connectivity index (χ0n) is 12.6. The number of anilines is 1. The van der Waals surface area contributed by atoms with Gasteiger partial charge in [-0.2, -0.15) is 0 Å². The lowest BCUT2D eigenvalue weighted by molar-refractivity contribution is -0.0289. The van der Waals surface area contributed by atoms with Crippen molar-refractivity contribution in [3.63, 3.8) is 0 Å². The maximum atomic E-state index is 12.2. The minimum atomic E-state index is -0.324. The highest BCUT2D eigenvalue weighted by atomic mass is 35.5. The van der Waals surface area contributed by atoms with E-state index in [4.69, 9.17) is 4.74 Å². The van der Waals surface area contributed by atoms with Crippen LogP contribution in [0, 0.1) is 5.92 Å². The topological polar surface area (TPSA) is 41.6 Å². The lowest BCUT2D eigenvalue weighted by Crippen LogP contribution is -2.52. The molecule has 3 fully saturated rings. The van der Waals surface area contributed by atoms with Crippen LogP contribution in [-0.4, -0.2) is 36.7 Å². The number of nitrogens with zero attached hydrogens (tertiary/aromatic N) is 1. The monoisotopic (exact) mass is 370 g/mol. The lowest BCUT2D eigenvalue weighted by Gasteiger charge is -2.43. The fourth-order valence-corrected chi connectivity index (χ4v) is 5.06. The molecule has 0 saturated carbocycles. The van der Waals surface area contributed by atoms with Crippen LogP contribution in [0.15, 0.2) is 29.0 Å². The van der Waals surface area contributed by atoms with Crippen molar-refractivity contribution in [2.24, 2.45) is 5.92 Å². The van der Waals surface area contributed by atoms with Crippen molar-refractivity contribution in [1.82, 2.24) is 4.90 Å². The molecule has 2 bridgehead atoms. The highest BCUT2D eigenvalue weighted by Gasteiger charge is 2.36. The van der Waals surface area contributed by atoms with Crippen LogP contribution >= 0.6 is 35.1 Å². The van der Waals surface area contributed by atoms with Crippen molar-refractivity contribution >= 4 is 46.9 Å². The van der Waals surface area contributed by atoms with Gasteiger partial charge in [0.2, 0.25) is 0 Å². The Bertz CT molecular complexity index is 651. The molecule has 2 aromatic heterocycles. The molecule has 4 nitrogen and oxygen atoms in total. The van der Waals surface area contributed by atoms with E-state index in [1.54, 1.807) is 22.7 Å². The minimum Gasteiger partial charge on any atom is -0.444 e. The van der Waals surface area contributed by atoms with Gasteiger partial charge in [0.25, 0.3) is 0 Å². The number of thiophene rings is 2. The third kappa shape index (κ3) is 3.55. The summed E-state index contributed by atoms with van der Waals surface area (Å²) in [7, 11) is 0. The second-order valence-electron chi connectivity index (χ2n) is 5.85. The maximum absolute atomic E-state index is 12.2. The van der Waals surface area contributed by atoms with Crippen molar-refractivity contribution in [1.29, 1.82) is 0 Å². The molecule has 5 rings (SSSR count). The van der Waals surface area contributed by atoms with E-state index in [0.717, 1.165) is 43.0 Å². The van der Waals surface area contributed by atoms with Crippen molar-refractivity contribution in [2.45, 2.75) is 18.9 Å². The predicted molar refractivity (Wildman–Crippen MR) is 97.9 cm³/mol. The molecule has 1 amide bonds. The first-order valence-electron chi connectivity index (χ1n) is 7.61. The van der Waals surface area contributed by atoms with Gasteiger partial charge in [0.05, 0.1) is 10.6 Å². The van der Waals surface area contributed by atoms with E-state index in [1.165, 1.54) is 4.88 Å². The third-order valence-corrected chi connectivity index (χ3v) is 6.47. The van der Waals surface area contributed by atoms with E-state index in [1.807, 2.05) is 22.9 Å². The molecule has 5 heterocycles. The van der Waals surface area contributed by atoms with Gasteiger partial charge in [0.1, 0.15) is 6.10 Å². The van der Waals surface area contributed by atoms with Crippen molar-refractivity contribution in [3.8, 4) is 9.75 Å². The van der Waals surface area contributed by atoms with Crippen LogP contribution in [0.1, 0.15) is 12.8 Å². The van der Waals surface area contributed by atoms with E-state index in [9.17, 15) is 4.79 Å². The fourth-order valence-electron chi connectivity index (χ4n) is 3.33. The Kier molecular flexibility index (Phi) is 5.26. The number of rotatable bonds is 3. The van der Waals surface area contributed by atoms with Crippen LogP contribution in [0.25, 0.3) is 9.75 Å². The number of hydrogen-bond donors (Lipinski definition) is 1. The fraction of sp³-hybridized carbons (Fsp3) is 0.438. The molecule has 2 aromatic rings. The molecule has 3 saturated heterocycles. The first kappa shape index (κ1) is 16.8. The standard InChI is InChI=1S/C16H18N2O2S2.ClH/c19-16(20-13-10-18-6-3-11(13)4-7-18)17-12-5-9-22-15(12)14-2-1-8-21-14;/h1-2,5,8-9,11,13H,3-4,6-7,10H2,(H,17,19);1H. The summed E-state index contributed by atoms with van der Waals surface area (Å²) in [6.07, 6.45) is 2.02. The number of nitrogens with one attached hydrogen (secondary N) is 1. The number of amides is 1. The van der Waals surface area contributed by atoms with Gasteiger partial charge in [0.15, 0.2) is 0 Å². The first-order valence-corrected chi connectivity index (χ1v) is 9.37. The summed E-state index contributed by atoms with van der Waals surface area (Å²) in [4.78, 5) is 16.9. The Morgan fingerprint density at radius 2 is 2.04 bits per heavy atom. The first-order chi connectivity index (χ1) is 10.8. The number of halogens is 1. The van der Waals surface area contributed by atoms with Gasteiger partial charge in [-0.1, -0.05) is 6.07 Å². The number of fused-ring (bicyclic) bond motifs is 3. The molecule has 23 heavy (non-hydrogen) atoms. The van der Waals surface area contributed by atoms with Gasteiger partial charge in [0, 0.05) is 11.4 Å². The van der Waals surface area contributed by atoms with E-state index in [2.05, 4.69) is 16.3 Å². The highest BCUT2D eigenvalue weighted by molar-refractivity contribution is 7.20. The molecule has 1 atom stereocenters. The Hall–Kier alpha value is -1.08. The highest BCUT2D eigenvalue weighted by Crippen LogP contribution is 2.37. The number of hydrogen-bond acceptors (Lipinski definition) is 5. The zero-order valence-corrected chi connectivity index (χ0v) is 15.0. The molecule has 0 aliphatic carbocycles. The maximum Gasteiger partial charge on any atom is 0.411 e. The van der Waals surface area contributed by atoms with Gasteiger partial charge < -0.3 is 4.74 Å². The van der Waals surface area contributed by atoms with Crippen LogP contribution in [0.4, 0.5) is 10.5 Å². The minimum absolute atomic E-state index is 0. The summed E-state index contributed by atoms with van der Waals surface area (Å²) in [5.74, 6) is 0.537. The Balaban J connectivity index is 0.00000156. The van der Waals surface area contributed by atoms with Gasteiger partial charge in [-0.15, -0.1) is 35.1 Å². The van der Waals surface area contributed by atoms with Crippen LogP contribution in [0.5, 0.6) is 0 Å². The van der Waals surface area contributed by atoms with Crippen LogP contribution in [0.2, 0.25) is 0 Å². The molecular formula is C16H19ClN2O2S2. The number of piperidine rings is 3. The molecular weight excluding hydrogens is 352 g/mol. The average molecular weight is 371 g/mol.